The Morgan fingerprint density at radius 3 is 2.96 bits per heavy atom. The first-order valence-corrected chi connectivity index (χ1v) is 7.29. The minimum absolute atomic E-state index is 0.0690. The van der Waals surface area contributed by atoms with Gasteiger partial charge in [0.05, 0.1) is 17.8 Å². The molecule has 3 aromatic heterocycles. The van der Waals surface area contributed by atoms with E-state index in [0.717, 1.165) is 11.2 Å². The fraction of sp³-hybridized carbons (Fsp3) is 0.188. The molecule has 2 N–H and O–H groups in total. The van der Waals surface area contributed by atoms with Crippen LogP contribution in [-0.2, 0) is 13.0 Å². The van der Waals surface area contributed by atoms with Crippen LogP contribution in [0.2, 0.25) is 0 Å². The standard InChI is InChI=1S/C16H14N4O3/c21-15(10-7-11-3-1-2-5-19(11)8-10)20-6-4-13-12(9-20)14(16(22)23)18-17-13/h1-3,5,7-8H,4,6,9H2,(H,17,18)(H,22,23). The van der Waals surface area contributed by atoms with Crippen molar-refractivity contribution in [3.8, 4) is 0 Å². The van der Waals surface area contributed by atoms with Crippen molar-refractivity contribution in [3.63, 3.8) is 0 Å². The van der Waals surface area contributed by atoms with Gasteiger partial charge < -0.3 is 14.4 Å². The van der Waals surface area contributed by atoms with Crippen molar-refractivity contribution in [2.75, 3.05) is 6.54 Å². The quantitative estimate of drug-likeness (QED) is 0.751. The maximum Gasteiger partial charge on any atom is 0.354 e. The highest BCUT2D eigenvalue weighted by atomic mass is 16.4. The fourth-order valence-corrected chi connectivity index (χ4v) is 3.00. The van der Waals surface area contributed by atoms with Crippen molar-refractivity contribution in [2.24, 2.45) is 0 Å². The highest BCUT2D eigenvalue weighted by Crippen LogP contribution is 2.22. The summed E-state index contributed by atoms with van der Waals surface area (Å²) in [7, 11) is 0. The summed E-state index contributed by atoms with van der Waals surface area (Å²) in [6.07, 6.45) is 4.23. The molecule has 1 amide bonds. The van der Waals surface area contributed by atoms with Crippen LogP contribution in [0.1, 0.15) is 32.1 Å². The SMILES string of the molecule is O=C(O)c1[nH]nc2c1CN(C(=O)c1cc3ccccn3c1)CC2. The van der Waals surface area contributed by atoms with Crippen LogP contribution in [0.15, 0.2) is 36.7 Å². The van der Waals surface area contributed by atoms with E-state index >= 15 is 0 Å². The zero-order valence-corrected chi connectivity index (χ0v) is 12.2. The number of nitrogens with zero attached hydrogens (tertiary/aromatic N) is 3. The number of nitrogens with one attached hydrogen (secondary N) is 1. The molecule has 0 aliphatic carbocycles. The second-order valence-electron chi connectivity index (χ2n) is 5.57. The van der Waals surface area contributed by atoms with E-state index in [-0.39, 0.29) is 18.1 Å². The first kappa shape index (κ1) is 13.6. The summed E-state index contributed by atoms with van der Waals surface area (Å²) in [5.74, 6) is -1.15. The molecule has 0 aromatic carbocycles. The van der Waals surface area contributed by atoms with Crippen LogP contribution >= 0.6 is 0 Å². The Morgan fingerprint density at radius 1 is 1.30 bits per heavy atom. The zero-order valence-electron chi connectivity index (χ0n) is 12.2. The Hall–Kier alpha value is -3.09. The van der Waals surface area contributed by atoms with Crippen molar-refractivity contribution in [2.45, 2.75) is 13.0 Å². The number of fused-ring (bicyclic) bond motifs is 2. The van der Waals surface area contributed by atoms with Gasteiger partial charge in [0.1, 0.15) is 5.69 Å². The van der Waals surface area contributed by atoms with Gasteiger partial charge in [-0.3, -0.25) is 9.89 Å². The first-order valence-electron chi connectivity index (χ1n) is 7.29. The predicted molar refractivity (Wildman–Crippen MR) is 81.4 cm³/mol. The van der Waals surface area contributed by atoms with Crippen molar-refractivity contribution in [1.29, 1.82) is 0 Å². The molecule has 0 spiro atoms. The number of H-pyrrole nitrogens is 1. The summed E-state index contributed by atoms with van der Waals surface area (Å²) < 4.78 is 1.89. The van der Waals surface area contributed by atoms with Crippen LogP contribution in [0, 0.1) is 0 Å². The van der Waals surface area contributed by atoms with E-state index in [1.165, 1.54) is 0 Å². The Balaban J connectivity index is 1.64. The summed E-state index contributed by atoms with van der Waals surface area (Å²) in [5.41, 5.74) is 2.94. The molecule has 1 aliphatic rings. The third-order valence-corrected chi connectivity index (χ3v) is 4.17. The lowest BCUT2D eigenvalue weighted by Gasteiger charge is -2.26. The molecule has 1 aliphatic heterocycles. The lowest BCUT2D eigenvalue weighted by molar-refractivity contribution is 0.0674. The summed E-state index contributed by atoms with van der Waals surface area (Å²) >= 11 is 0. The summed E-state index contributed by atoms with van der Waals surface area (Å²) in [5, 5.41) is 15.8. The van der Waals surface area contributed by atoms with E-state index in [1.807, 2.05) is 34.9 Å². The molecule has 116 valence electrons. The summed E-state index contributed by atoms with van der Waals surface area (Å²) in [6.45, 7) is 0.792. The van der Waals surface area contributed by atoms with Gasteiger partial charge in [0.25, 0.3) is 5.91 Å². The van der Waals surface area contributed by atoms with Crippen molar-refractivity contribution in [1.82, 2.24) is 19.5 Å². The number of carbonyl (C=O) groups is 2. The molecule has 4 heterocycles. The first-order chi connectivity index (χ1) is 11.1. The van der Waals surface area contributed by atoms with Crippen molar-refractivity contribution in [3.05, 3.63) is 59.2 Å². The van der Waals surface area contributed by atoms with E-state index < -0.39 is 5.97 Å². The van der Waals surface area contributed by atoms with Crippen LogP contribution in [-0.4, -0.2) is 43.0 Å². The molecule has 0 saturated carbocycles. The minimum atomic E-state index is -1.05. The number of carboxylic acid groups (broad SMARTS) is 1. The summed E-state index contributed by atoms with van der Waals surface area (Å²) in [6, 6.07) is 7.59. The number of amides is 1. The van der Waals surface area contributed by atoms with Gasteiger partial charge in [0, 0.05) is 36.4 Å². The Morgan fingerprint density at radius 2 is 2.17 bits per heavy atom. The minimum Gasteiger partial charge on any atom is -0.477 e. The maximum atomic E-state index is 12.7. The fourth-order valence-electron chi connectivity index (χ4n) is 3.00. The molecule has 4 rings (SSSR count). The van der Waals surface area contributed by atoms with Crippen LogP contribution < -0.4 is 0 Å². The molecule has 0 fully saturated rings. The average molecular weight is 310 g/mol. The zero-order chi connectivity index (χ0) is 16.0. The molecule has 0 bridgehead atoms. The van der Waals surface area contributed by atoms with Gasteiger partial charge in [-0.1, -0.05) is 6.07 Å². The lowest BCUT2D eigenvalue weighted by Crippen LogP contribution is -2.36. The van der Waals surface area contributed by atoms with Crippen LogP contribution in [0.3, 0.4) is 0 Å². The number of aromatic carboxylic acids is 1. The van der Waals surface area contributed by atoms with Gasteiger partial charge in [0.15, 0.2) is 0 Å². The Labute approximate surface area is 131 Å². The molecular weight excluding hydrogens is 296 g/mol. The van der Waals surface area contributed by atoms with Crippen molar-refractivity contribution >= 4 is 17.4 Å². The number of hydrogen-bond acceptors (Lipinski definition) is 3. The van der Waals surface area contributed by atoms with Crippen LogP contribution in [0.4, 0.5) is 0 Å². The van der Waals surface area contributed by atoms with Gasteiger partial charge in [-0.2, -0.15) is 5.10 Å². The monoisotopic (exact) mass is 310 g/mol. The molecule has 7 heteroatoms. The normalized spacial score (nSPS) is 14.0. The van der Waals surface area contributed by atoms with Gasteiger partial charge in [-0.25, -0.2) is 4.79 Å². The predicted octanol–water partition coefficient (Wildman–Crippen LogP) is 1.56. The Bertz CT molecular complexity index is 891. The molecule has 7 nitrogen and oxygen atoms in total. The van der Waals surface area contributed by atoms with E-state index in [2.05, 4.69) is 10.2 Å². The summed E-state index contributed by atoms with van der Waals surface area (Å²) in [4.78, 5) is 25.6. The number of carbonyl (C=O) groups excluding carboxylic acids is 1. The molecule has 0 radical (unpaired) electrons. The van der Waals surface area contributed by atoms with E-state index in [0.29, 0.717) is 24.1 Å². The highest BCUT2D eigenvalue weighted by molar-refractivity contribution is 5.96. The molecule has 0 atom stereocenters. The lowest BCUT2D eigenvalue weighted by atomic mass is 10.0. The molecule has 3 aromatic rings. The number of aromatic nitrogens is 3. The van der Waals surface area contributed by atoms with Gasteiger partial charge in [-0.15, -0.1) is 0 Å². The van der Waals surface area contributed by atoms with Gasteiger partial charge >= 0.3 is 5.97 Å². The van der Waals surface area contributed by atoms with Gasteiger partial charge in [0.2, 0.25) is 0 Å². The van der Waals surface area contributed by atoms with Crippen LogP contribution in [0.5, 0.6) is 0 Å². The van der Waals surface area contributed by atoms with E-state index in [4.69, 9.17) is 0 Å². The number of aromatic amines is 1. The number of rotatable bonds is 2. The molecule has 23 heavy (non-hydrogen) atoms. The van der Waals surface area contributed by atoms with Gasteiger partial charge in [-0.05, 0) is 18.2 Å². The second-order valence-corrected chi connectivity index (χ2v) is 5.57. The molecular formula is C16H14N4O3. The van der Waals surface area contributed by atoms with Crippen molar-refractivity contribution < 1.29 is 14.7 Å². The Kier molecular flexibility index (Phi) is 2.94. The smallest absolute Gasteiger partial charge is 0.354 e. The molecule has 0 unspecified atom stereocenters. The maximum absolute atomic E-state index is 12.7. The number of hydrogen-bond donors (Lipinski definition) is 2. The average Bonchev–Trinajstić information content (AvgIpc) is 3.17. The highest BCUT2D eigenvalue weighted by Gasteiger charge is 2.28. The largest absolute Gasteiger partial charge is 0.477 e. The third-order valence-electron chi connectivity index (χ3n) is 4.17. The second kappa shape index (κ2) is 4.98. The molecule has 0 saturated heterocycles. The topological polar surface area (TPSA) is 90.7 Å². The van der Waals surface area contributed by atoms with Crippen LogP contribution in [0.25, 0.3) is 5.52 Å². The van der Waals surface area contributed by atoms with E-state index in [1.54, 1.807) is 11.1 Å². The number of pyridine rings is 1. The number of carboxylic acids is 1. The third kappa shape index (κ3) is 2.17. The van der Waals surface area contributed by atoms with E-state index in [9.17, 15) is 14.7 Å².